The maximum Gasteiger partial charge on any atom is 0.133 e. The van der Waals surface area contributed by atoms with E-state index in [2.05, 4.69) is 15.2 Å². The number of aromatic amines is 2. The predicted molar refractivity (Wildman–Crippen MR) is 72.4 cm³/mol. The lowest BCUT2D eigenvalue weighted by atomic mass is 10.0. The molecule has 2 aromatic rings. The largest absolute Gasteiger partial charge is 0.394 e. The van der Waals surface area contributed by atoms with Crippen molar-refractivity contribution in [2.45, 2.75) is 24.4 Å². The third-order valence-electron chi connectivity index (χ3n) is 3.43. The van der Waals surface area contributed by atoms with Gasteiger partial charge >= 0.3 is 0 Å². The van der Waals surface area contributed by atoms with Gasteiger partial charge in [-0.05, 0) is 6.07 Å². The van der Waals surface area contributed by atoms with Gasteiger partial charge in [0, 0.05) is 5.39 Å². The molecule has 0 spiro atoms. The van der Waals surface area contributed by atoms with E-state index in [0.717, 1.165) is 0 Å². The Labute approximate surface area is 118 Å². The number of hydrogen-bond donors (Lipinski definition) is 6. The van der Waals surface area contributed by atoms with Crippen molar-refractivity contribution in [2.24, 2.45) is 0 Å². The van der Waals surface area contributed by atoms with Crippen LogP contribution in [0.15, 0.2) is 6.07 Å². The van der Waals surface area contributed by atoms with E-state index in [1.165, 1.54) is 0 Å². The number of nitrogens with two attached hydrogens (primary N) is 1. The first-order valence-electron chi connectivity index (χ1n) is 6.02. The summed E-state index contributed by atoms with van der Waals surface area (Å²) in [5, 5.41) is 36.3. The second kappa shape index (κ2) is 4.79. The third-order valence-corrected chi connectivity index (χ3v) is 3.73. The summed E-state index contributed by atoms with van der Waals surface area (Å²) in [5.41, 5.74) is 6.68. The van der Waals surface area contributed by atoms with E-state index in [9.17, 15) is 10.2 Å². The van der Waals surface area contributed by atoms with Gasteiger partial charge in [-0.3, -0.25) is 5.10 Å². The number of nitrogens with one attached hydrogen (secondary N) is 2. The molecule has 0 radical (unpaired) electrons. The van der Waals surface area contributed by atoms with Gasteiger partial charge in [-0.2, -0.15) is 5.10 Å². The molecule has 108 valence electrons. The predicted octanol–water partition coefficient (Wildman–Crippen LogP) is -0.643. The second-order valence-electron chi connectivity index (χ2n) is 4.71. The highest BCUT2D eigenvalue weighted by Gasteiger charge is 2.44. The maximum absolute atomic E-state index is 10.0. The molecule has 0 aliphatic carbocycles. The van der Waals surface area contributed by atoms with Crippen molar-refractivity contribution in [3.63, 3.8) is 0 Å². The minimum absolute atomic E-state index is 0.358. The molecule has 3 heterocycles. The Morgan fingerprint density at radius 3 is 2.80 bits per heavy atom. The number of anilines is 1. The first kappa shape index (κ1) is 13.5. The highest BCUT2D eigenvalue weighted by Crippen LogP contribution is 2.36. The molecule has 7 N–H and O–H groups in total. The van der Waals surface area contributed by atoms with Gasteiger partial charge in [-0.1, -0.05) is 12.2 Å². The van der Waals surface area contributed by atoms with Crippen molar-refractivity contribution in [1.29, 1.82) is 0 Å². The number of pyridine rings is 1. The Morgan fingerprint density at radius 1 is 1.40 bits per heavy atom. The van der Waals surface area contributed by atoms with Crippen LogP contribution in [0.4, 0.5) is 5.82 Å². The summed E-state index contributed by atoms with van der Waals surface area (Å²) in [6, 6.07) is 1.62. The number of H-pyrrole nitrogens is 2. The van der Waals surface area contributed by atoms with E-state index in [1.54, 1.807) is 6.07 Å². The fourth-order valence-corrected chi connectivity index (χ4v) is 2.69. The summed E-state index contributed by atoms with van der Waals surface area (Å²) >= 11 is 5.12. The maximum atomic E-state index is 10.0. The van der Waals surface area contributed by atoms with Crippen LogP contribution in [0, 0.1) is 4.64 Å². The first-order chi connectivity index (χ1) is 9.52. The lowest BCUT2D eigenvalue weighted by Gasteiger charge is -2.13. The molecule has 9 heteroatoms. The van der Waals surface area contributed by atoms with Crippen molar-refractivity contribution >= 4 is 28.9 Å². The van der Waals surface area contributed by atoms with E-state index in [-0.39, 0.29) is 6.61 Å². The molecule has 0 bridgehead atoms. The number of ether oxygens (including phenoxy) is 1. The van der Waals surface area contributed by atoms with Gasteiger partial charge in [0.15, 0.2) is 0 Å². The smallest absolute Gasteiger partial charge is 0.133 e. The zero-order valence-corrected chi connectivity index (χ0v) is 11.1. The van der Waals surface area contributed by atoms with E-state index in [4.69, 9.17) is 27.8 Å². The lowest BCUT2D eigenvalue weighted by molar-refractivity contribution is -0.0235. The Balaban J connectivity index is 2.09. The van der Waals surface area contributed by atoms with Crippen molar-refractivity contribution in [1.82, 2.24) is 15.2 Å². The van der Waals surface area contributed by atoms with Gasteiger partial charge < -0.3 is 30.8 Å². The van der Waals surface area contributed by atoms with Gasteiger partial charge in [0.05, 0.1) is 12.3 Å². The number of nitrogen functional groups attached to an aromatic ring is 1. The summed E-state index contributed by atoms with van der Waals surface area (Å²) in [5.74, 6) is 0.358. The summed E-state index contributed by atoms with van der Waals surface area (Å²) in [7, 11) is 0. The number of hydrogen-bond acceptors (Lipinski definition) is 7. The van der Waals surface area contributed by atoms with E-state index < -0.39 is 24.4 Å². The van der Waals surface area contributed by atoms with E-state index in [1.807, 2.05) is 0 Å². The first-order valence-corrected chi connectivity index (χ1v) is 6.43. The topological polar surface area (TPSA) is 140 Å². The van der Waals surface area contributed by atoms with Crippen LogP contribution in [0.25, 0.3) is 10.9 Å². The molecule has 20 heavy (non-hydrogen) atoms. The number of fused-ring (bicyclic) bond motifs is 1. The number of rotatable bonds is 2. The molecule has 1 saturated heterocycles. The summed E-state index contributed by atoms with van der Waals surface area (Å²) in [4.78, 5) is 2.77. The normalized spacial score (nSPS) is 30.1. The van der Waals surface area contributed by atoms with Crippen LogP contribution < -0.4 is 5.73 Å². The van der Waals surface area contributed by atoms with Crippen molar-refractivity contribution in [3.05, 3.63) is 16.4 Å². The van der Waals surface area contributed by atoms with Crippen LogP contribution in [-0.4, -0.2) is 55.4 Å². The Morgan fingerprint density at radius 2 is 2.15 bits per heavy atom. The number of aliphatic hydroxyl groups is 3. The molecule has 1 aliphatic heterocycles. The van der Waals surface area contributed by atoms with Gasteiger partial charge in [0.2, 0.25) is 0 Å². The number of aliphatic hydroxyl groups excluding tert-OH is 3. The van der Waals surface area contributed by atoms with Crippen LogP contribution in [0.1, 0.15) is 11.8 Å². The summed E-state index contributed by atoms with van der Waals surface area (Å²) in [6.45, 7) is -0.386. The molecule has 8 nitrogen and oxygen atoms in total. The SMILES string of the molecule is Nc1cc2c([C@H]3O[C@@H](CO)[C@@H](O)[C@H]3O)[nH]nc2c(=S)[nH]1. The fraction of sp³-hybridized carbons (Fsp3) is 0.455. The molecule has 0 saturated carbocycles. The highest BCUT2D eigenvalue weighted by atomic mass is 32.1. The van der Waals surface area contributed by atoms with Crippen LogP contribution >= 0.6 is 12.2 Å². The van der Waals surface area contributed by atoms with Crippen LogP contribution in [-0.2, 0) is 4.74 Å². The van der Waals surface area contributed by atoms with Crippen molar-refractivity contribution in [3.8, 4) is 0 Å². The average Bonchev–Trinajstić information content (AvgIpc) is 2.93. The summed E-state index contributed by atoms with van der Waals surface area (Å²) < 4.78 is 5.83. The molecule has 3 rings (SSSR count). The van der Waals surface area contributed by atoms with Crippen LogP contribution in [0.5, 0.6) is 0 Å². The molecule has 0 amide bonds. The standard InChI is InChI=1S/C11H14N4O4S/c12-5-1-3-6(14-15-7(3)11(20)13-5)10-9(18)8(17)4(2-16)19-10/h1,4,8-10,16-18H,2H2,(H,14,15)(H3,12,13,20)/t4-,8+,9+,10+/m0/s1. The summed E-state index contributed by atoms with van der Waals surface area (Å²) in [6.07, 6.45) is -4.01. The monoisotopic (exact) mass is 298 g/mol. The van der Waals surface area contributed by atoms with Gasteiger partial charge in [0.1, 0.15) is 40.4 Å². The van der Waals surface area contributed by atoms with Crippen LogP contribution in [0.2, 0.25) is 0 Å². The van der Waals surface area contributed by atoms with Gasteiger partial charge in [-0.15, -0.1) is 0 Å². The fourth-order valence-electron chi connectivity index (χ4n) is 2.42. The Kier molecular flexibility index (Phi) is 3.22. The molecule has 2 aromatic heterocycles. The second-order valence-corrected chi connectivity index (χ2v) is 5.12. The van der Waals surface area contributed by atoms with Gasteiger partial charge in [-0.25, -0.2) is 0 Å². The minimum Gasteiger partial charge on any atom is -0.394 e. The zero-order valence-electron chi connectivity index (χ0n) is 10.3. The molecule has 1 aliphatic rings. The quantitative estimate of drug-likeness (QED) is 0.405. The molecule has 0 unspecified atom stereocenters. The molecule has 0 aromatic carbocycles. The van der Waals surface area contributed by atoms with Gasteiger partial charge in [0.25, 0.3) is 0 Å². The number of aromatic nitrogens is 3. The lowest BCUT2D eigenvalue weighted by Crippen LogP contribution is -2.32. The van der Waals surface area contributed by atoms with Crippen LogP contribution in [0.3, 0.4) is 0 Å². The molecular formula is C11H14N4O4S. The van der Waals surface area contributed by atoms with E-state index >= 15 is 0 Å². The Hall–Kier alpha value is -1.52. The molecular weight excluding hydrogens is 284 g/mol. The molecule has 4 atom stereocenters. The van der Waals surface area contributed by atoms with Crippen molar-refractivity contribution in [2.75, 3.05) is 12.3 Å². The Bertz CT molecular complexity index is 699. The number of nitrogens with zero attached hydrogens (tertiary/aromatic N) is 1. The van der Waals surface area contributed by atoms with Crippen molar-refractivity contribution < 1.29 is 20.1 Å². The molecule has 1 fully saturated rings. The minimum atomic E-state index is -1.17. The highest BCUT2D eigenvalue weighted by molar-refractivity contribution is 7.71. The average molecular weight is 298 g/mol. The zero-order chi connectivity index (χ0) is 14.4. The van der Waals surface area contributed by atoms with E-state index in [0.29, 0.717) is 27.1 Å². The third kappa shape index (κ3) is 1.91.